The Morgan fingerprint density at radius 3 is 2.35 bits per heavy atom. The molecule has 2 aliphatic rings. The fraction of sp³-hybridized carbons (Fsp3) is 0.316. The zero-order valence-corrected chi connectivity index (χ0v) is 12.9. The molecule has 0 aromatic heterocycles. The third-order valence-electron chi connectivity index (χ3n) is 4.31. The van der Waals surface area contributed by atoms with Gasteiger partial charge in [-0.15, -0.1) is 0 Å². The van der Waals surface area contributed by atoms with E-state index in [-0.39, 0.29) is 18.3 Å². The van der Waals surface area contributed by atoms with Gasteiger partial charge in [-0.25, -0.2) is 4.99 Å². The Labute approximate surface area is 136 Å². The van der Waals surface area contributed by atoms with Crippen LogP contribution in [0.1, 0.15) is 29.6 Å². The van der Waals surface area contributed by atoms with Crippen molar-refractivity contribution in [2.45, 2.75) is 24.7 Å². The van der Waals surface area contributed by atoms with Crippen LogP contribution in [0.25, 0.3) is 0 Å². The molecule has 4 rings (SSSR count). The molecule has 2 aromatic rings. The molecule has 0 radical (unpaired) electrons. The molecule has 1 unspecified atom stereocenters. The Morgan fingerprint density at radius 2 is 1.61 bits per heavy atom. The van der Waals surface area contributed by atoms with Crippen LogP contribution in [0.5, 0.6) is 0 Å². The van der Waals surface area contributed by atoms with Gasteiger partial charge in [-0.1, -0.05) is 60.7 Å². The van der Waals surface area contributed by atoms with Gasteiger partial charge in [-0.2, -0.15) is 0 Å². The van der Waals surface area contributed by atoms with E-state index in [4.69, 9.17) is 14.5 Å². The molecule has 1 saturated heterocycles. The monoisotopic (exact) mass is 308 g/mol. The Bertz CT molecular complexity index is 672. The van der Waals surface area contributed by atoms with Gasteiger partial charge in [0.1, 0.15) is 18.9 Å². The maximum atomic E-state index is 5.85. The van der Waals surface area contributed by atoms with Crippen molar-refractivity contribution in [2.24, 2.45) is 4.99 Å². The van der Waals surface area contributed by atoms with Crippen LogP contribution in [0.2, 0.25) is 0 Å². The zero-order chi connectivity index (χ0) is 15.5. The summed E-state index contributed by atoms with van der Waals surface area (Å²) in [7, 11) is 0. The zero-order valence-electron chi connectivity index (χ0n) is 12.9. The van der Waals surface area contributed by atoms with Crippen molar-refractivity contribution in [1.29, 1.82) is 0 Å². The molecule has 4 heteroatoms. The molecule has 1 N–H and O–H groups in total. The number of benzene rings is 2. The molecule has 2 heterocycles. The predicted octanol–water partition coefficient (Wildman–Crippen LogP) is 3.23. The van der Waals surface area contributed by atoms with Crippen LogP contribution < -0.4 is 5.32 Å². The minimum Gasteiger partial charge on any atom is -0.478 e. The summed E-state index contributed by atoms with van der Waals surface area (Å²) in [6, 6.07) is 21.0. The highest BCUT2D eigenvalue weighted by molar-refractivity contribution is 5.78. The minimum absolute atomic E-state index is 0.0338. The quantitative estimate of drug-likeness (QED) is 0.943. The first kappa shape index (κ1) is 14.4. The minimum atomic E-state index is -0.0338. The lowest BCUT2D eigenvalue weighted by Gasteiger charge is -2.12. The van der Waals surface area contributed by atoms with Crippen molar-refractivity contribution in [3.8, 4) is 0 Å². The molecule has 0 aliphatic carbocycles. The maximum absolute atomic E-state index is 5.85. The molecule has 2 aliphatic heterocycles. The molecule has 3 atom stereocenters. The van der Waals surface area contributed by atoms with Crippen molar-refractivity contribution < 1.29 is 9.47 Å². The van der Waals surface area contributed by atoms with E-state index in [0.717, 1.165) is 5.90 Å². The van der Waals surface area contributed by atoms with Crippen molar-refractivity contribution in [2.75, 3.05) is 13.2 Å². The summed E-state index contributed by atoms with van der Waals surface area (Å²) >= 11 is 0. The largest absolute Gasteiger partial charge is 0.478 e. The van der Waals surface area contributed by atoms with Gasteiger partial charge in [0.15, 0.2) is 5.90 Å². The van der Waals surface area contributed by atoms with E-state index in [0.29, 0.717) is 19.6 Å². The Balaban J connectivity index is 1.36. The fourth-order valence-electron chi connectivity index (χ4n) is 3.07. The molecule has 0 amide bonds. The summed E-state index contributed by atoms with van der Waals surface area (Å²) in [6.07, 6.45) is 0.639. The summed E-state index contributed by atoms with van der Waals surface area (Å²) in [5, 5.41) is 3.51. The topological polar surface area (TPSA) is 42.8 Å². The van der Waals surface area contributed by atoms with Gasteiger partial charge in [0.2, 0.25) is 0 Å². The lowest BCUT2D eigenvalue weighted by atomic mass is 10.1. The van der Waals surface area contributed by atoms with E-state index < -0.39 is 0 Å². The Hall–Kier alpha value is -2.17. The maximum Gasteiger partial charge on any atom is 0.188 e. The second-order valence-corrected chi connectivity index (χ2v) is 5.92. The second-order valence-electron chi connectivity index (χ2n) is 5.92. The van der Waals surface area contributed by atoms with E-state index in [1.54, 1.807) is 0 Å². The highest BCUT2D eigenvalue weighted by atomic mass is 16.5. The normalized spacial score (nSPS) is 26.8. The van der Waals surface area contributed by atoms with Crippen LogP contribution in [-0.4, -0.2) is 25.3 Å². The molecule has 118 valence electrons. The van der Waals surface area contributed by atoms with Crippen LogP contribution in [0.4, 0.5) is 0 Å². The van der Waals surface area contributed by atoms with Gasteiger partial charge >= 0.3 is 0 Å². The van der Waals surface area contributed by atoms with Crippen molar-refractivity contribution >= 4 is 5.90 Å². The lowest BCUT2D eigenvalue weighted by molar-refractivity contribution is 0.101. The van der Waals surface area contributed by atoms with Gasteiger partial charge in [-0.05, 0) is 11.1 Å². The first-order chi connectivity index (χ1) is 11.4. The van der Waals surface area contributed by atoms with E-state index in [1.807, 2.05) is 24.3 Å². The fourth-order valence-corrected chi connectivity index (χ4v) is 3.07. The summed E-state index contributed by atoms with van der Waals surface area (Å²) in [6.45, 7) is 1.30. The number of nitrogens with one attached hydrogen (secondary N) is 1. The molecule has 4 nitrogen and oxygen atoms in total. The summed E-state index contributed by atoms with van der Waals surface area (Å²) < 4.78 is 11.6. The molecule has 2 aromatic carbocycles. The van der Waals surface area contributed by atoms with Gasteiger partial charge in [-0.3, -0.25) is 5.32 Å². The molecule has 0 bridgehead atoms. The summed E-state index contributed by atoms with van der Waals surface area (Å²) in [5.74, 6) is 0.782. The number of aliphatic imine (C=N–C) groups is 1. The van der Waals surface area contributed by atoms with Crippen LogP contribution >= 0.6 is 0 Å². The number of rotatable bonds is 4. The third kappa shape index (κ3) is 3.28. The van der Waals surface area contributed by atoms with E-state index in [2.05, 4.69) is 41.7 Å². The van der Waals surface area contributed by atoms with Gasteiger partial charge in [0.05, 0.1) is 19.1 Å². The molecular formula is C19H20N2O2. The third-order valence-corrected chi connectivity index (χ3v) is 4.31. The van der Waals surface area contributed by atoms with Gasteiger partial charge in [0.25, 0.3) is 0 Å². The number of ether oxygens (including phenoxy) is 2. The smallest absolute Gasteiger partial charge is 0.188 e. The molecular weight excluding hydrogens is 288 g/mol. The second kappa shape index (κ2) is 6.52. The van der Waals surface area contributed by atoms with Crippen molar-refractivity contribution in [3.63, 3.8) is 0 Å². The van der Waals surface area contributed by atoms with E-state index in [9.17, 15) is 0 Å². The molecule has 23 heavy (non-hydrogen) atoms. The highest BCUT2D eigenvalue weighted by Gasteiger charge is 2.29. The number of nitrogens with zero attached hydrogens (tertiary/aromatic N) is 1. The first-order valence-corrected chi connectivity index (χ1v) is 8.05. The van der Waals surface area contributed by atoms with E-state index in [1.165, 1.54) is 11.1 Å². The van der Waals surface area contributed by atoms with Crippen LogP contribution in [0.15, 0.2) is 65.7 Å². The number of hydrogen-bond acceptors (Lipinski definition) is 4. The predicted molar refractivity (Wildman–Crippen MR) is 89.2 cm³/mol. The molecule has 1 fully saturated rings. The highest BCUT2D eigenvalue weighted by Crippen LogP contribution is 2.26. The Kier molecular flexibility index (Phi) is 4.09. The van der Waals surface area contributed by atoms with Crippen LogP contribution in [0.3, 0.4) is 0 Å². The average molecular weight is 308 g/mol. The summed E-state index contributed by atoms with van der Waals surface area (Å²) in [5.41, 5.74) is 2.46. The average Bonchev–Trinajstić information content (AvgIpc) is 3.27. The lowest BCUT2D eigenvalue weighted by Crippen LogP contribution is -2.27. The van der Waals surface area contributed by atoms with Gasteiger partial charge < -0.3 is 9.47 Å². The van der Waals surface area contributed by atoms with Crippen molar-refractivity contribution in [1.82, 2.24) is 5.32 Å². The van der Waals surface area contributed by atoms with Crippen molar-refractivity contribution in [3.05, 3.63) is 71.8 Å². The van der Waals surface area contributed by atoms with Crippen LogP contribution in [0, 0.1) is 0 Å². The number of hydrogen-bond donors (Lipinski definition) is 1. The van der Waals surface area contributed by atoms with Gasteiger partial charge in [0, 0.05) is 0 Å². The summed E-state index contributed by atoms with van der Waals surface area (Å²) in [4.78, 5) is 4.69. The standard InChI is InChI=1S/C19H20N2O2/c1-3-7-14(8-4-1)16-12-22-18(20-16)11-19-21-17(13-23-19)15-9-5-2-6-10-15/h1-10,16-18,20H,11-13H2/t16-,17-,18?/m1/s1. The molecule has 0 spiro atoms. The van der Waals surface area contributed by atoms with Crippen LogP contribution in [-0.2, 0) is 9.47 Å². The Morgan fingerprint density at radius 1 is 0.913 bits per heavy atom. The molecule has 0 saturated carbocycles. The SMILES string of the molecule is c1ccc([C@H]2COC(CC3N[C@@H](c4ccccc4)CO3)=N2)cc1. The van der Waals surface area contributed by atoms with E-state index >= 15 is 0 Å². The first-order valence-electron chi connectivity index (χ1n) is 8.05.